The van der Waals surface area contributed by atoms with Crippen LogP contribution in [0.3, 0.4) is 0 Å². The molecule has 0 unspecified atom stereocenters. The molecule has 4 aromatic rings. The second-order valence-electron chi connectivity index (χ2n) is 25.8. The summed E-state index contributed by atoms with van der Waals surface area (Å²) in [6.07, 6.45) is -8.54. The zero-order valence-corrected chi connectivity index (χ0v) is 51.3. The predicted molar refractivity (Wildman–Crippen MR) is 333 cm³/mol. The highest BCUT2D eigenvalue weighted by Crippen LogP contribution is 2.53. The van der Waals surface area contributed by atoms with Gasteiger partial charge in [-0.3, -0.25) is 30.8 Å². The Labute approximate surface area is 536 Å². The molecule has 0 radical (unpaired) electrons. The number of aldehydes is 1. The van der Waals surface area contributed by atoms with Crippen LogP contribution >= 0.6 is 0 Å². The Morgan fingerprint density at radius 1 is 0.946 bits per heavy atom. The van der Waals surface area contributed by atoms with Crippen LogP contribution in [0.2, 0.25) is 0 Å². The Bertz CT molecular complexity index is 3670. The smallest absolute Gasteiger partial charge is 0.242 e. The Morgan fingerprint density at radius 2 is 1.77 bits per heavy atom. The number of anilines is 1. The van der Waals surface area contributed by atoms with E-state index in [1.807, 2.05) is 53.4 Å². The zero-order valence-electron chi connectivity index (χ0n) is 51.3. The first-order valence-electron chi connectivity index (χ1n) is 32.0. The SMILES string of the molecule is C[C@H](O)CNNC1=CC([C@H]2CO[C@@H]3[C@H]4Oc5c(cc6c(c5OC[C@H](O)CC=O)C(=O)c5cc(CO)ccc5C6=O)[C@@H](c5ccccc5N5CN[C@H]6C(=O)N[C@@H](N)N[C@@H]65)[C@@H]5CC[C@H](O)[C@H](C#C[C@](O)([C@H](COC5)O4)[C@H]3O)Cc3cccc4c3CC[C@@H](CO)[C@H]4[C@H]2O)=CCN1. The number of carbonyl (C=O) groups excluding carboxylic acids is 4. The number of hydrazine groups is 1. The number of rotatable bonds is 14. The molecule has 9 aliphatic rings. The van der Waals surface area contributed by atoms with Crippen molar-refractivity contribution in [1.82, 2.24) is 32.1 Å². The third-order valence-corrected chi connectivity index (χ3v) is 20.0. The van der Waals surface area contributed by atoms with Gasteiger partial charge in [0.05, 0.1) is 69.0 Å². The number of ether oxygens (including phenoxy) is 5. The van der Waals surface area contributed by atoms with Gasteiger partial charge in [-0.25, -0.2) is 5.43 Å². The van der Waals surface area contributed by atoms with E-state index in [0.29, 0.717) is 47.3 Å². The van der Waals surface area contributed by atoms with E-state index in [9.17, 15) is 50.4 Å². The third kappa shape index (κ3) is 12.1. The lowest BCUT2D eigenvalue weighted by atomic mass is 9.67. The zero-order chi connectivity index (χ0) is 65.0. The van der Waals surface area contributed by atoms with Crippen LogP contribution in [0.4, 0.5) is 5.69 Å². The fourth-order valence-electron chi connectivity index (χ4n) is 15.2. The van der Waals surface area contributed by atoms with E-state index in [2.05, 4.69) is 44.0 Å². The molecule has 13 rings (SSSR count). The second-order valence-corrected chi connectivity index (χ2v) is 25.8. The Hall–Kier alpha value is -7.20. The summed E-state index contributed by atoms with van der Waals surface area (Å²) in [5.74, 6) is -0.397. The maximum Gasteiger partial charge on any atom is 0.242 e. The van der Waals surface area contributed by atoms with Crippen molar-refractivity contribution in [2.75, 3.05) is 57.7 Å². The molecular formula is C68H80N8O17. The van der Waals surface area contributed by atoms with Crippen LogP contribution in [0.5, 0.6) is 11.5 Å². The molecule has 3 saturated heterocycles. The van der Waals surface area contributed by atoms with E-state index < -0.39 is 153 Å². The normalized spacial score (nSPS) is 32.8. The number of fused-ring (bicyclic) bond motifs is 11. The molecule has 7 heterocycles. The Balaban J connectivity index is 1.06. The topological polar surface area (TPSA) is 378 Å². The van der Waals surface area contributed by atoms with Gasteiger partial charge in [0.1, 0.15) is 55.5 Å². The Kier molecular flexibility index (Phi) is 18.7. The van der Waals surface area contributed by atoms with E-state index in [0.717, 1.165) is 16.7 Å². The van der Waals surface area contributed by atoms with E-state index in [1.54, 1.807) is 19.1 Å². The van der Waals surface area contributed by atoms with Gasteiger partial charge in [0.2, 0.25) is 12.2 Å². The number of carbonyl (C=O) groups is 4. The average Bonchev–Trinajstić information content (AvgIpc) is 1.74. The van der Waals surface area contributed by atoms with E-state index in [1.165, 1.54) is 18.2 Å². The lowest BCUT2D eigenvalue weighted by Gasteiger charge is -2.47. The minimum Gasteiger partial charge on any atom is -0.486 e. The van der Waals surface area contributed by atoms with Crippen molar-refractivity contribution in [2.45, 2.75) is 137 Å². The average molecular weight is 1280 g/mol. The van der Waals surface area contributed by atoms with Gasteiger partial charge in [0.25, 0.3) is 0 Å². The van der Waals surface area contributed by atoms with Gasteiger partial charge in [-0.1, -0.05) is 60.4 Å². The van der Waals surface area contributed by atoms with Crippen LogP contribution in [0, 0.1) is 35.5 Å². The highest BCUT2D eigenvalue weighted by atomic mass is 16.7. The molecule has 25 heteroatoms. The number of ketones is 2. The summed E-state index contributed by atoms with van der Waals surface area (Å²) in [4.78, 5) is 58.7. The standard InChI is InChI=1S/C68H80N8O17/c1-33(80)25-72-75-52-23-36(16-19-70-52)48-30-91-62-63(86)68(88)18-15-37(22-35-5-4-7-42-41(35)13-10-38(27-79)54(42)59(48)85)50(82)14-11-39-28-89-31-51(68)92-66(62)93-60-47(53(39)44-6-2-3-8-49(44)76-32-71-56-64(76)73-67(69)74-65(56)87)24-46-55(61(60)90-29-40(81)17-20-77)58(84)45-21-34(26-78)9-12-43(45)57(46)83/h2-9,12,16,20-21,23-24,33,37-40,48,50-51,53-54,56,59,62-64,66-67,70-73,75,78-82,85-86,88H,10-11,13-14,17,19,22,25-32,69H2,1H3,(H,74,87)/t33-,37+,38-,39+,40+,48+,50-,51-,53+,54+,56+,59-,62-,63-,64+,66+,67-,68-/m0/s1. The second kappa shape index (κ2) is 26.9. The minimum absolute atomic E-state index is 0.0171. The van der Waals surface area contributed by atoms with Gasteiger partial charge in [0.15, 0.2) is 28.7 Å². The summed E-state index contributed by atoms with van der Waals surface area (Å²) in [5, 5.41) is 109. The maximum absolute atomic E-state index is 15.6. The number of para-hydroxylation sites is 1. The first-order chi connectivity index (χ1) is 45.0. The van der Waals surface area contributed by atoms with Crippen molar-refractivity contribution in [2.24, 2.45) is 29.4 Å². The van der Waals surface area contributed by atoms with E-state index in [-0.39, 0.29) is 97.5 Å². The van der Waals surface area contributed by atoms with Gasteiger partial charge >= 0.3 is 0 Å². The third-order valence-electron chi connectivity index (χ3n) is 20.0. The van der Waals surface area contributed by atoms with Crippen molar-refractivity contribution >= 4 is 29.4 Å². The number of hydrogen-bond donors (Lipinski definition) is 15. The summed E-state index contributed by atoms with van der Waals surface area (Å²) in [6.45, 7) is -0.163. The molecule has 0 spiro atoms. The number of aliphatic hydroxyl groups excluding tert-OH is 7. The molecule has 3 fully saturated rings. The van der Waals surface area contributed by atoms with Crippen LogP contribution in [0.25, 0.3) is 0 Å². The molecule has 0 saturated carbocycles. The largest absolute Gasteiger partial charge is 0.486 e. The van der Waals surface area contributed by atoms with Crippen molar-refractivity contribution in [1.29, 1.82) is 0 Å². The van der Waals surface area contributed by atoms with Gasteiger partial charge < -0.3 is 90.3 Å². The highest BCUT2D eigenvalue weighted by Gasteiger charge is 2.58. The number of dihydropyridines is 1. The molecule has 7 aliphatic heterocycles. The first-order valence-corrected chi connectivity index (χ1v) is 32.0. The summed E-state index contributed by atoms with van der Waals surface area (Å²) in [5.41, 5.74) is 14.2. The van der Waals surface area contributed by atoms with Crippen molar-refractivity contribution < 1.29 is 83.7 Å². The van der Waals surface area contributed by atoms with Crippen LogP contribution in [0.15, 0.2) is 90.3 Å². The molecule has 2 aliphatic carbocycles. The Morgan fingerprint density at radius 3 is 2.58 bits per heavy atom. The summed E-state index contributed by atoms with van der Waals surface area (Å²) in [7, 11) is 0. The van der Waals surface area contributed by atoms with Crippen molar-refractivity contribution in [3.05, 3.63) is 146 Å². The summed E-state index contributed by atoms with van der Waals surface area (Å²) < 4.78 is 34.9. The molecule has 0 aromatic heterocycles. The number of allylic oxidation sites excluding steroid dienone is 1. The van der Waals surface area contributed by atoms with Crippen LogP contribution in [0.1, 0.15) is 110 Å². The molecule has 25 nitrogen and oxygen atoms in total. The van der Waals surface area contributed by atoms with E-state index in [4.69, 9.17) is 29.4 Å². The fourth-order valence-corrected chi connectivity index (χ4v) is 15.2. The number of aliphatic hydroxyl groups is 8. The highest BCUT2D eigenvalue weighted by molar-refractivity contribution is 6.29. The number of amides is 1. The first kappa shape index (κ1) is 64.5. The lowest BCUT2D eigenvalue weighted by Crippen LogP contribution is -2.70. The minimum atomic E-state index is -2.57. The van der Waals surface area contributed by atoms with Gasteiger partial charge in [0, 0.05) is 71.8 Å². The van der Waals surface area contributed by atoms with Gasteiger partial charge in [-0.15, -0.1) is 0 Å². The quantitative estimate of drug-likeness (QED) is 0.0366. The number of hydrogen-bond acceptors (Lipinski definition) is 24. The summed E-state index contributed by atoms with van der Waals surface area (Å²) >= 11 is 0. The molecule has 93 heavy (non-hydrogen) atoms. The summed E-state index contributed by atoms with van der Waals surface area (Å²) in [6, 6.07) is 18.4. The molecule has 1 amide bonds. The number of nitrogens with one attached hydrogen (secondary N) is 6. The number of nitrogens with zero attached hydrogens (tertiary/aromatic N) is 1. The van der Waals surface area contributed by atoms with Crippen LogP contribution in [-0.2, 0) is 43.2 Å². The lowest BCUT2D eigenvalue weighted by molar-refractivity contribution is -0.310. The van der Waals surface area contributed by atoms with E-state index >= 15 is 9.59 Å². The fraction of sp³-hybridized carbons (Fsp3) is 0.500. The van der Waals surface area contributed by atoms with Gasteiger partial charge in [-0.05, 0) is 115 Å². The van der Waals surface area contributed by atoms with Crippen LogP contribution < -0.4 is 52.2 Å². The number of benzene rings is 4. The van der Waals surface area contributed by atoms with Crippen molar-refractivity contribution in [3.63, 3.8) is 0 Å². The molecule has 4 aromatic carbocycles. The maximum atomic E-state index is 15.6. The molecule has 18 atom stereocenters. The monoisotopic (exact) mass is 1280 g/mol. The number of nitrogens with two attached hydrogens (primary N) is 1. The van der Waals surface area contributed by atoms with Crippen LogP contribution in [-0.4, -0.2) is 191 Å². The van der Waals surface area contributed by atoms with Gasteiger partial charge in [-0.2, -0.15) is 0 Å². The molecule has 494 valence electrons. The predicted octanol–water partition coefficient (Wildman–Crippen LogP) is -0.842. The molecular weight excluding hydrogens is 1200 g/mol. The molecule has 10 bridgehead atoms. The van der Waals surface area contributed by atoms with Crippen molar-refractivity contribution in [3.8, 4) is 23.3 Å². The molecule has 16 N–H and O–H groups in total.